The van der Waals surface area contributed by atoms with E-state index in [0.29, 0.717) is 5.92 Å². The number of anilines is 1. The first kappa shape index (κ1) is 14.8. The molecule has 0 amide bonds. The molecule has 0 radical (unpaired) electrons. The van der Waals surface area contributed by atoms with E-state index in [1.54, 1.807) is 7.11 Å². The second-order valence-electron chi connectivity index (χ2n) is 4.97. The van der Waals surface area contributed by atoms with E-state index < -0.39 is 0 Å². The molecule has 1 N–H and O–H groups in total. The monoisotopic (exact) mass is 251 g/mol. The Bertz CT molecular complexity index is 386. The molecule has 3 nitrogen and oxygen atoms in total. The molecule has 1 aromatic carbocycles. The smallest absolute Gasteiger partial charge is 0.142 e. The summed E-state index contributed by atoms with van der Waals surface area (Å²) in [5.74, 6) is 1.21. The van der Waals surface area contributed by atoms with Crippen LogP contribution in [0.25, 0.3) is 0 Å². The zero-order valence-electron chi connectivity index (χ0n) is 12.2. The molecule has 0 bridgehead atoms. The van der Waals surface area contributed by atoms with Crippen molar-refractivity contribution in [3.63, 3.8) is 0 Å². The Morgan fingerprint density at radius 3 is 2.50 bits per heavy atom. The number of hydrogen-bond acceptors (Lipinski definition) is 3. The summed E-state index contributed by atoms with van der Waals surface area (Å²) in [7, 11) is 3.76. The number of benzene rings is 1. The molecule has 18 heavy (non-hydrogen) atoms. The lowest BCUT2D eigenvalue weighted by atomic mass is 10.0. The maximum absolute atomic E-state index is 9.30. The average Bonchev–Trinajstić information content (AvgIpc) is 2.34. The highest BCUT2D eigenvalue weighted by Gasteiger charge is 2.15. The van der Waals surface area contributed by atoms with Gasteiger partial charge in [-0.1, -0.05) is 13.0 Å². The maximum atomic E-state index is 9.30. The van der Waals surface area contributed by atoms with Crippen molar-refractivity contribution in [2.75, 3.05) is 32.2 Å². The summed E-state index contributed by atoms with van der Waals surface area (Å²) in [6.07, 6.45) is 0.980. The summed E-state index contributed by atoms with van der Waals surface area (Å²) in [5.41, 5.74) is 3.54. The normalized spacial score (nSPS) is 12.3. The largest absolute Gasteiger partial charge is 0.495 e. The molecule has 0 saturated carbocycles. The number of aryl methyl sites for hydroxylation is 2. The van der Waals surface area contributed by atoms with Crippen molar-refractivity contribution in [3.8, 4) is 5.75 Å². The first-order valence-electron chi connectivity index (χ1n) is 6.50. The zero-order chi connectivity index (χ0) is 13.7. The molecule has 0 heterocycles. The molecule has 0 aliphatic carbocycles. The highest BCUT2D eigenvalue weighted by atomic mass is 16.5. The molecular weight excluding hydrogens is 226 g/mol. The topological polar surface area (TPSA) is 32.7 Å². The molecule has 1 unspecified atom stereocenters. The molecule has 0 aliphatic heterocycles. The maximum Gasteiger partial charge on any atom is 0.142 e. The van der Waals surface area contributed by atoms with Crippen LogP contribution in [0.2, 0.25) is 0 Å². The Hall–Kier alpha value is -1.22. The van der Waals surface area contributed by atoms with E-state index in [1.165, 1.54) is 11.1 Å². The number of aliphatic hydroxyl groups is 1. The number of rotatable bonds is 6. The van der Waals surface area contributed by atoms with Gasteiger partial charge in [-0.2, -0.15) is 0 Å². The first-order chi connectivity index (χ1) is 8.53. The van der Waals surface area contributed by atoms with Gasteiger partial charge in [-0.25, -0.2) is 0 Å². The summed E-state index contributed by atoms with van der Waals surface area (Å²) >= 11 is 0. The number of methoxy groups -OCH3 is 1. The van der Waals surface area contributed by atoms with E-state index in [0.717, 1.165) is 24.4 Å². The van der Waals surface area contributed by atoms with Crippen LogP contribution in [-0.4, -0.2) is 32.4 Å². The molecule has 0 saturated heterocycles. The van der Waals surface area contributed by atoms with Crippen LogP contribution in [0, 0.1) is 19.8 Å². The van der Waals surface area contributed by atoms with Gasteiger partial charge in [0.25, 0.3) is 0 Å². The molecule has 0 aliphatic rings. The van der Waals surface area contributed by atoms with Crippen LogP contribution in [-0.2, 0) is 0 Å². The summed E-state index contributed by atoms with van der Waals surface area (Å²) in [5, 5.41) is 9.30. The standard InChI is InChI=1S/C15H25NO2/c1-6-13(10-17)9-16(4)15-12(3)7-11(2)8-14(15)18-5/h7-8,13,17H,6,9-10H2,1-5H3. The molecule has 1 rings (SSSR count). The summed E-state index contributed by atoms with van der Waals surface area (Å²) < 4.78 is 5.47. The van der Waals surface area contributed by atoms with Crippen molar-refractivity contribution < 1.29 is 9.84 Å². The molecule has 0 aromatic heterocycles. The van der Waals surface area contributed by atoms with E-state index >= 15 is 0 Å². The van der Waals surface area contributed by atoms with Crippen molar-refractivity contribution in [2.45, 2.75) is 27.2 Å². The van der Waals surface area contributed by atoms with Crippen LogP contribution >= 0.6 is 0 Å². The van der Waals surface area contributed by atoms with Gasteiger partial charge >= 0.3 is 0 Å². The molecule has 1 atom stereocenters. The number of ether oxygens (including phenoxy) is 1. The fourth-order valence-corrected chi connectivity index (χ4v) is 2.36. The number of nitrogens with zero attached hydrogens (tertiary/aromatic N) is 1. The van der Waals surface area contributed by atoms with Gasteiger partial charge in [0.2, 0.25) is 0 Å². The van der Waals surface area contributed by atoms with E-state index in [1.807, 2.05) is 0 Å². The van der Waals surface area contributed by atoms with E-state index in [-0.39, 0.29) is 6.61 Å². The molecule has 3 heteroatoms. The predicted molar refractivity (Wildman–Crippen MR) is 76.6 cm³/mol. The second kappa shape index (κ2) is 6.64. The first-order valence-corrected chi connectivity index (χ1v) is 6.50. The van der Waals surface area contributed by atoms with E-state index in [4.69, 9.17) is 4.74 Å². The van der Waals surface area contributed by atoms with Crippen LogP contribution in [0.1, 0.15) is 24.5 Å². The zero-order valence-corrected chi connectivity index (χ0v) is 12.2. The van der Waals surface area contributed by atoms with Crippen molar-refractivity contribution >= 4 is 5.69 Å². The lowest BCUT2D eigenvalue weighted by Crippen LogP contribution is -2.28. The summed E-state index contributed by atoms with van der Waals surface area (Å²) in [6, 6.07) is 4.22. The SMILES string of the molecule is CCC(CO)CN(C)c1c(C)cc(C)cc1OC. The second-order valence-corrected chi connectivity index (χ2v) is 4.97. The third-order valence-electron chi connectivity index (χ3n) is 3.38. The van der Waals surface area contributed by atoms with E-state index in [2.05, 4.69) is 44.9 Å². The minimum atomic E-state index is 0.230. The molecule has 1 aromatic rings. The van der Waals surface area contributed by atoms with Crippen LogP contribution in [0.3, 0.4) is 0 Å². The highest BCUT2D eigenvalue weighted by molar-refractivity contribution is 5.64. The van der Waals surface area contributed by atoms with Gasteiger partial charge in [-0.15, -0.1) is 0 Å². The Morgan fingerprint density at radius 1 is 1.33 bits per heavy atom. The van der Waals surface area contributed by atoms with Gasteiger partial charge in [0, 0.05) is 20.2 Å². The Kier molecular flexibility index (Phi) is 5.48. The van der Waals surface area contributed by atoms with Crippen LogP contribution < -0.4 is 9.64 Å². The van der Waals surface area contributed by atoms with Crippen molar-refractivity contribution in [1.29, 1.82) is 0 Å². The summed E-state index contributed by atoms with van der Waals surface area (Å²) in [6.45, 7) is 7.35. The Labute approximate surface area is 110 Å². The Balaban J connectivity index is 3.00. The van der Waals surface area contributed by atoms with Crippen LogP contribution in [0.4, 0.5) is 5.69 Å². The van der Waals surface area contributed by atoms with Gasteiger partial charge in [0.05, 0.1) is 12.8 Å². The van der Waals surface area contributed by atoms with Gasteiger partial charge in [0.15, 0.2) is 0 Å². The fraction of sp³-hybridized carbons (Fsp3) is 0.600. The van der Waals surface area contributed by atoms with E-state index in [9.17, 15) is 5.11 Å². The van der Waals surface area contributed by atoms with Gasteiger partial charge in [-0.05, 0) is 43.4 Å². The summed E-state index contributed by atoms with van der Waals surface area (Å²) in [4.78, 5) is 2.18. The number of aliphatic hydroxyl groups excluding tert-OH is 1. The number of hydrogen-bond donors (Lipinski definition) is 1. The quantitative estimate of drug-likeness (QED) is 0.844. The minimum Gasteiger partial charge on any atom is -0.495 e. The van der Waals surface area contributed by atoms with Crippen LogP contribution in [0.15, 0.2) is 12.1 Å². The van der Waals surface area contributed by atoms with Crippen molar-refractivity contribution in [2.24, 2.45) is 5.92 Å². The van der Waals surface area contributed by atoms with Crippen molar-refractivity contribution in [3.05, 3.63) is 23.3 Å². The molecule has 0 spiro atoms. The van der Waals surface area contributed by atoms with Gasteiger partial charge in [0.1, 0.15) is 5.75 Å². The minimum absolute atomic E-state index is 0.230. The predicted octanol–water partition coefficient (Wildman–Crippen LogP) is 2.77. The molecule has 0 fully saturated rings. The Morgan fingerprint density at radius 2 is 2.00 bits per heavy atom. The van der Waals surface area contributed by atoms with Gasteiger partial charge < -0.3 is 14.7 Å². The molecule has 102 valence electrons. The molecular formula is C15H25NO2. The fourth-order valence-electron chi connectivity index (χ4n) is 2.36. The lowest BCUT2D eigenvalue weighted by Gasteiger charge is -2.27. The third-order valence-corrected chi connectivity index (χ3v) is 3.38. The third kappa shape index (κ3) is 3.39. The van der Waals surface area contributed by atoms with Gasteiger partial charge in [-0.3, -0.25) is 0 Å². The highest BCUT2D eigenvalue weighted by Crippen LogP contribution is 2.33. The lowest BCUT2D eigenvalue weighted by molar-refractivity contribution is 0.225. The van der Waals surface area contributed by atoms with Crippen LogP contribution in [0.5, 0.6) is 5.75 Å². The van der Waals surface area contributed by atoms with Crippen molar-refractivity contribution in [1.82, 2.24) is 0 Å². The average molecular weight is 251 g/mol.